The number of nitrogens with zero attached hydrogens (tertiary/aromatic N) is 1. The van der Waals surface area contributed by atoms with Crippen molar-refractivity contribution in [1.29, 1.82) is 0 Å². The number of benzene rings is 1. The van der Waals surface area contributed by atoms with Gasteiger partial charge in [0.15, 0.2) is 17.3 Å². The van der Waals surface area contributed by atoms with Crippen molar-refractivity contribution in [2.24, 2.45) is 5.92 Å². The fourth-order valence-corrected chi connectivity index (χ4v) is 4.62. The highest BCUT2D eigenvalue weighted by molar-refractivity contribution is 6.09. The summed E-state index contributed by atoms with van der Waals surface area (Å²) in [6.07, 6.45) is 4.48. The minimum Gasteiger partial charge on any atom is -0.493 e. The van der Waals surface area contributed by atoms with Crippen LogP contribution in [0.1, 0.15) is 38.2 Å². The second-order valence-corrected chi connectivity index (χ2v) is 8.60. The van der Waals surface area contributed by atoms with Crippen molar-refractivity contribution < 1.29 is 19.1 Å². The fraction of sp³-hybridized carbons (Fsp3) is 0.296. The number of Topliss-reactive ketones (excluding diaryl/α,β-unsaturated/α-hetero) is 1. The number of hydrogen-bond acceptors (Lipinski definition) is 6. The number of ether oxygens (including phenoxy) is 2. The van der Waals surface area contributed by atoms with Crippen LogP contribution in [0.3, 0.4) is 0 Å². The van der Waals surface area contributed by atoms with Crippen LogP contribution >= 0.6 is 0 Å². The summed E-state index contributed by atoms with van der Waals surface area (Å²) in [5, 5.41) is 6.23. The molecular formula is C27H29N3O4. The van der Waals surface area contributed by atoms with Crippen LogP contribution in [-0.4, -0.2) is 30.4 Å². The van der Waals surface area contributed by atoms with Crippen LogP contribution in [0.15, 0.2) is 77.8 Å². The molecule has 0 radical (unpaired) electrons. The quantitative estimate of drug-likeness (QED) is 0.593. The van der Waals surface area contributed by atoms with E-state index in [0.717, 1.165) is 17.7 Å². The third-order valence-corrected chi connectivity index (χ3v) is 6.06. The molecule has 0 spiro atoms. The predicted molar refractivity (Wildman–Crippen MR) is 131 cm³/mol. The Hall–Kier alpha value is -3.87. The van der Waals surface area contributed by atoms with Gasteiger partial charge in [0.25, 0.3) is 5.91 Å². The van der Waals surface area contributed by atoms with E-state index in [0.29, 0.717) is 47.2 Å². The number of ketones is 1. The molecule has 7 nitrogen and oxygen atoms in total. The first kappa shape index (κ1) is 23.3. The molecule has 2 atom stereocenters. The SMILES string of the molecule is C=CCOc1ccc([C@H]2C(C(=O)Nc3ccccn3)=C(C)NC3=C2C(=O)C[C@H](C)C3)cc1OC. The van der Waals surface area contributed by atoms with Gasteiger partial charge >= 0.3 is 0 Å². The average Bonchev–Trinajstić information content (AvgIpc) is 2.82. The Morgan fingerprint density at radius 2 is 2.09 bits per heavy atom. The molecule has 0 saturated heterocycles. The Morgan fingerprint density at radius 3 is 2.79 bits per heavy atom. The second kappa shape index (κ2) is 9.95. The number of anilines is 1. The molecule has 0 fully saturated rings. The molecule has 176 valence electrons. The number of dihydropyridines is 1. The van der Waals surface area contributed by atoms with E-state index in [1.54, 1.807) is 43.6 Å². The van der Waals surface area contributed by atoms with E-state index in [9.17, 15) is 9.59 Å². The van der Waals surface area contributed by atoms with Gasteiger partial charge in [-0.05, 0) is 49.1 Å². The molecule has 2 heterocycles. The van der Waals surface area contributed by atoms with Gasteiger partial charge in [0, 0.05) is 41.1 Å². The third kappa shape index (κ3) is 4.59. The summed E-state index contributed by atoms with van der Waals surface area (Å²) in [4.78, 5) is 31.0. The molecule has 2 aliphatic rings. The topological polar surface area (TPSA) is 89.5 Å². The zero-order chi connectivity index (χ0) is 24.2. The molecule has 1 aromatic carbocycles. The van der Waals surface area contributed by atoms with Gasteiger partial charge in [0.2, 0.25) is 0 Å². The zero-order valence-corrected chi connectivity index (χ0v) is 19.7. The lowest BCUT2D eigenvalue weighted by molar-refractivity contribution is -0.117. The molecular weight excluding hydrogens is 430 g/mol. The maximum atomic E-state index is 13.5. The Kier molecular flexibility index (Phi) is 6.82. The zero-order valence-electron chi connectivity index (χ0n) is 19.7. The minimum absolute atomic E-state index is 0.0489. The number of hydrogen-bond donors (Lipinski definition) is 2. The lowest BCUT2D eigenvalue weighted by Gasteiger charge is -2.36. The number of nitrogens with one attached hydrogen (secondary N) is 2. The number of rotatable bonds is 7. The Morgan fingerprint density at radius 1 is 1.26 bits per heavy atom. The standard InChI is InChI=1S/C27H29N3O4/c1-5-12-34-21-10-9-18(15-22(21)33-4)25-24(27(32)30-23-8-6-7-11-28-23)17(3)29-19-13-16(2)14-20(31)26(19)25/h5-11,15-16,25,29H,1,12-14H2,2-4H3,(H,28,30,32)/t16-,25+/m1/s1. The first-order valence-electron chi connectivity index (χ1n) is 11.3. The summed E-state index contributed by atoms with van der Waals surface area (Å²) in [5.74, 6) is 0.977. The molecule has 0 saturated carbocycles. The normalized spacial score (nSPS) is 19.8. The van der Waals surface area contributed by atoms with Crippen molar-refractivity contribution in [2.75, 3.05) is 19.0 Å². The largest absolute Gasteiger partial charge is 0.493 e. The van der Waals surface area contributed by atoms with E-state index < -0.39 is 5.92 Å². The molecule has 4 rings (SSSR count). The van der Waals surface area contributed by atoms with Gasteiger partial charge in [-0.3, -0.25) is 9.59 Å². The third-order valence-electron chi connectivity index (χ3n) is 6.06. The van der Waals surface area contributed by atoms with Crippen molar-refractivity contribution in [1.82, 2.24) is 10.3 Å². The van der Waals surface area contributed by atoms with Crippen LogP contribution in [0.5, 0.6) is 11.5 Å². The highest BCUT2D eigenvalue weighted by Gasteiger charge is 2.40. The van der Waals surface area contributed by atoms with E-state index in [1.165, 1.54) is 0 Å². The number of methoxy groups -OCH3 is 1. The number of allylic oxidation sites excluding steroid dienone is 3. The summed E-state index contributed by atoms with van der Waals surface area (Å²) in [5.41, 5.74) is 3.49. The first-order valence-corrected chi connectivity index (χ1v) is 11.3. The van der Waals surface area contributed by atoms with Gasteiger partial charge in [-0.15, -0.1) is 0 Å². The Balaban J connectivity index is 1.81. The van der Waals surface area contributed by atoms with Crippen molar-refractivity contribution in [3.8, 4) is 11.5 Å². The molecule has 1 aliphatic heterocycles. The van der Waals surface area contributed by atoms with Crippen molar-refractivity contribution in [3.63, 3.8) is 0 Å². The van der Waals surface area contributed by atoms with Crippen molar-refractivity contribution >= 4 is 17.5 Å². The number of pyridine rings is 1. The van der Waals surface area contributed by atoms with Gasteiger partial charge in [0.1, 0.15) is 12.4 Å². The van der Waals surface area contributed by atoms with Gasteiger partial charge in [0.05, 0.1) is 7.11 Å². The number of carbonyl (C=O) groups is 2. The van der Waals surface area contributed by atoms with Crippen molar-refractivity contribution in [2.45, 2.75) is 32.6 Å². The molecule has 0 unspecified atom stereocenters. The van der Waals surface area contributed by atoms with Crippen LogP contribution in [0.25, 0.3) is 0 Å². The van der Waals surface area contributed by atoms with Gasteiger partial charge in [-0.25, -0.2) is 4.98 Å². The molecule has 2 aromatic rings. The summed E-state index contributed by atoms with van der Waals surface area (Å²) in [6, 6.07) is 10.8. The maximum absolute atomic E-state index is 13.5. The second-order valence-electron chi connectivity index (χ2n) is 8.60. The maximum Gasteiger partial charge on any atom is 0.255 e. The molecule has 34 heavy (non-hydrogen) atoms. The number of amides is 1. The van der Waals surface area contributed by atoms with E-state index >= 15 is 0 Å². The smallest absolute Gasteiger partial charge is 0.255 e. The summed E-state index contributed by atoms with van der Waals surface area (Å²) in [6.45, 7) is 7.95. The Labute approximate surface area is 199 Å². The van der Waals surface area contributed by atoms with Crippen LogP contribution in [-0.2, 0) is 9.59 Å². The van der Waals surface area contributed by atoms with E-state index in [4.69, 9.17) is 9.47 Å². The number of aromatic nitrogens is 1. The van der Waals surface area contributed by atoms with Crippen LogP contribution in [0.4, 0.5) is 5.82 Å². The van der Waals surface area contributed by atoms with Gasteiger partial charge in [-0.1, -0.05) is 31.7 Å². The molecule has 1 aliphatic carbocycles. The highest BCUT2D eigenvalue weighted by atomic mass is 16.5. The lowest BCUT2D eigenvalue weighted by Crippen LogP contribution is -2.37. The molecule has 7 heteroatoms. The van der Waals surface area contributed by atoms with Gasteiger partial charge < -0.3 is 20.1 Å². The molecule has 0 bridgehead atoms. The molecule has 1 aromatic heterocycles. The van der Waals surface area contributed by atoms with Crippen LogP contribution in [0.2, 0.25) is 0 Å². The van der Waals surface area contributed by atoms with Crippen LogP contribution in [0, 0.1) is 5.92 Å². The van der Waals surface area contributed by atoms with Crippen LogP contribution < -0.4 is 20.1 Å². The van der Waals surface area contributed by atoms with E-state index in [-0.39, 0.29) is 17.6 Å². The predicted octanol–water partition coefficient (Wildman–Crippen LogP) is 4.51. The Bertz CT molecular complexity index is 1180. The number of carbonyl (C=O) groups excluding carboxylic acids is 2. The van der Waals surface area contributed by atoms with Crippen molar-refractivity contribution in [3.05, 3.63) is 83.4 Å². The van der Waals surface area contributed by atoms with E-state index in [2.05, 4.69) is 29.1 Å². The molecule has 1 amide bonds. The lowest BCUT2D eigenvalue weighted by atomic mass is 9.73. The summed E-state index contributed by atoms with van der Waals surface area (Å²) in [7, 11) is 1.57. The minimum atomic E-state index is -0.540. The van der Waals surface area contributed by atoms with Gasteiger partial charge in [-0.2, -0.15) is 0 Å². The highest BCUT2D eigenvalue weighted by Crippen LogP contribution is 2.45. The summed E-state index contributed by atoms with van der Waals surface area (Å²) < 4.78 is 11.3. The summed E-state index contributed by atoms with van der Waals surface area (Å²) >= 11 is 0. The first-order chi connectivity index (χ1) is 16.4. The monoisotopic (exact) mass is 459 g/mol. The average molecular weight is 460 g/mol. The van der Waals surface area contributed by atoms with E-state index in [1.807, 2.05) is 19.1 Å². The fourth-order valence-electron chi connectivity index (χ4n) is 4.62. The molecule has 2 N–H and O–H groups in total.